The highest BCUT2D eigenvalue weighted by Crippen LogP contribution is 2.38. The van der Waals surface area contributed by atoms with Crippen molar-refractivity contribution in [2.75, 3.05) is 9.80 Å². The van der Waals surface area contributed by atoms with E-state index >= 15 is 0 Å². The lowest BCUT2D eigenvalue weighted by molar-refractivity contribution is -0.119. The summed E-state index contributed by atoms with van der Waals surface area (Å²) >= 11 is 18.3. The summed E-state index contributed by atoms with van der Waals surface area (Å²) in [4.78, 5) is 29.8. The average molecular weight is 460 g/mol. The van der Waals surface area contributed by atoms with Gasteiger partial charge in [-0.05, 0) is 61.0 Å². The lowest BCUT2D eigenvalue weighted by Crippen LogP contribution is -2.54. The number of para-hydroxylation sites is 2. The molecule has 0 spiro atoms. The number of carbonyl (C=O) groups excluding carboxylic acids is 2. The summed E-state index contributed by atoms with van der Waals surface area (Å²) < 4.78 is 0. The van der Waals surface area contributed by atoms with Crippen LogP contribution in [0.2, 0.25) is 15.1 Å². The third-order valence-corrected chi connectivity index (χ3v) is 5.94. The highest BCUT2D eigenvalue weighted by atomic mass is 35.5. The molecule has 1 atom stereocenters. The molecule has 0 fully saturated rings. The minimum absolute atomic E-state index is 0.193. The van der Waals surface area contributed by atoms with Crippen LogP contribution in [0.1, 0.15) is 22.8 Å². The number of anilines is 2. The maximum Gasteiger partial charge on any atom is 0.259 e. The van der Waals surface area contributed by atoms with Crippen molar-refractivity contribution in [3.05, 3.63) is 92.9 Å². The zero-order chi connectivity index (χ0) is 21.4. The van der Waals surface area contributed by atoms with Gasteiger partial charge in [-0.25, -0.2) is 0 Å². The lowest BCUT2D eigenvalue weighted by atomic mass is 10.0. The Bertz CT molecular complexity index is 1130. The van der Waals surface area contributed by atoms with E-state index in [9.17, 15) is 9.59 Å². The molecular weight excluding hydrogens is 443 g/mol. The van der Waals surface area contributed by atoms with Crippen LogP contribution in [0.15, 0.2) is 66.7 Å². The Morgan fingerprint density at radius 1 is 0.900 bits per heavy atom. The molecule has 0 unspecified atom stereocenters. The zero-order valence-corrected chi connectivity index (χ0v) is 18.2. The number of amides is 2. The highest BCUT2D eigenvalue weighted by Gasteiger charge is 2.39. The third kappa shape index (κ3) is 3.79. The number of halogens is 3. The number of fused-ring (bicyclic) bond motifs is 1. The van der Waals surface area contributed by atoms with Crippen molar-refractivity contribution in [2.24, 2.45) is 0 Å². The smallest absolute Gasteiger partial charge is 0.259 e. The predicted molar refractivity (Wildman–Crippen MR) is 122 cm³/mol. The molecule has 30 heavy (non-hydrogen) atoms. The normalized spacial score (nSPS) is 15.9. The standard InChI is InChI=1S/C23H17Cl3N2O2/c1-14-22(29)27(13-16-8-11-18(25)12-19(16)26)20-4-2-3-5-21(20)28(14)23(30)15-6-9-17(24)10-7-15/h2-12,14H,13H2,1H3/t14-/m0/s1. The Morgan fingerprint density at radius 2 is 1.53 bits per heavy atom. The molecule has 0 aromatic heterocycles. The first kappa shape index (κ1) is 20.7. The highest BCUT2D eigenvalue weighted by molar-refractivity contribution is 6.35. The minimum Gasteiger partial charge on any atom is -0.304 e. The van der Waals surface area contributed by atoms with Crippen molar-refractivity contribution in [3.63, 3.8) is 0 Å². The van der Waals surface area contributed by atoms with E-state index in [2.05, 4.69) is 0 Å². The van der Waals surface area contributed by atoms with Crippen molar-refractivity contribution in [2.45, 2.75) is 19.5 Å². The maximum atomic E-state index is 13.3. The van der Waals surface area contributed by atoms with Gasteiger partial charge in [-0.3, -0.25) is 14.5 Å². The van der Waals surface area contributed by atoms with E-state index in [0.29, 0.717) is 32.0 Å². The summed E-state index contributed by atoms with van der Waals surface area (Å²) in [6.45, 7) is 2.00. The van der Waals surface area contributed by atoms with Gasteiger partial charge >= 0.3 is 0 Å². The summed E-state index contributed by atoms with van der Waals surface area (Å²) in [5.41, 5.74) is 2.54. The van der Waals surface area contributed by atoms with Crippen LogP contribution in [-0.4, -0.2) is 17.9 Å². The van der Waals surface area contributed by atoms with Crippen molar-refractivity contribution in [1.82, 2.24) is 0 Å². The number of hydrogen-bond acceptors (Lipinski definition) is 2. The summed E-state index contributed by atoms with van der Waals surface area (Å²) in [5.74, 6) is -0.453. The first-order valence-corrected chi connectivity index (χ1v) is 10.4. The van der Waals surface area contributed by atoms with Crippen LogP contribution >= 0.6 is 34.8 Å². The Kier molecular flexibility index (Phi) is 5.74. The SMILES string of the molecule is C[C@H]1C(=O)N(Cc2ccc(Cl)cc2Cl)c2ccccc2N1C(=O)c1ccc(Cl)cc1. The van der Waals surface area contributed by atoms with E-state index in [0.717, 1.165) is 5.56 Å². The van der Waals surface area contributed by atoms with E-state index in [1.807, 2.05) is 24.3 Å². The van der Waals surface area contributed by atoms with E-state index in [-0.39, 0.29) is 18.4 Å². The first-order chi connectivity index (χ1) is 14.4. The molecule has 0 N–H and O–H groups in total. The Morgan fingerprint density at radius 3 is 2.20 bits per heavy atom. The van der Waals surface area contributed by atoms with Crippen LogP contribution < -0.4 is 9.80 Å². The molecule has 4 nitrogen and oxygen atoms in total. The second-order valence-corrected chi connectivity index (χ2v) is 8.29. The molecule has 0 radical (unpaired) electrons. The van der Waals surface area contributed by atoms with Crippen molar-refractivity contribution in [1.29, 1.82) is 0 Å². The van der Waals surface area contributed by atoms with Gasteiger partial charge in [0.2, 0.25) is 5.91 Å². The zero-order valence-electron chi connectivity index (χ0n) is 16.0. The fourth-order valence-corrected chi connectivity index (χ4v) is 4.15. The molecular formula is C23H17Cl3N2O2. The van der Waals surface area contributed by atoms with Crippen molar-refractivity contribution in [3.8, 4) is 0 Å². The molecule has 3 aromatic rings. The molecule has 3 aromatic carbocycles. The van der Waals surface area contributed by atoms with Gasteiger partial charge in [0.15, 0.2) is 0 Å². The Hall–Kier alpha value is -2.53. The van der Waals surface area contributed by atoms with E-state index < -0.39 is 6.04 Å². The molecule has 1 heterocycles. The average Bonchev–Trinajstić information content (AvgIpc) is 2.73. The fourth-order valence-electron chi connectivity index (χ4n) is 3.56. The van der Waals surface area contributed by atoms with Gasteiger partial charge in [0.05, 0.1) is 17.9 Å². The second-order valence-electron chi connectivity index (χ2n) is 7.01. The third-order valence-electron chi connectivity index (χ3n) is 5.10. The van der Waals surface area contributed by atoms with Crippen LogP contribution in [-0.2, 0) is 11.3 Å². The predicted octanol–water partition coefficient (Wildman–Crippen LogP) is 6.23. The number of rotatable bonds is 3. The Balaban J connectivity index is 1.75. The topological polar surface area (TPSA) is 40.6 Å². The van der Waals surface area contributed by atoms with Crippen molar-refractivity contribution < 1.29 is 9.59 Å². The van der Waals surface area contributed by atoms with Crippen LogP contribution in [0.25, 0.3) is 0 Å². The van der Waals surface area contributed by atoms with Crippen LogP contribution in [0.5, 0.6) is 0 Å². The minimum atomic E-state index is -0.686. The van der Waals surface area contributed by atoms with E-state index in [1.165, 1.54) is 4.90 Å². The van der Waals surface area contributed by atoms with Gasteiger partial charge in [-0.2, -0.15) is 0 Å². The van der Waals surface area contributed by atoms with Gasteiger partial charge in [0.25, 0.3) is 5.91 Å². The molecule has 0 bridgehead atoms. The van der Waals surface area contributed by atoms with Gasteiger partial charge in [0, 0.05) is 20.6 Å². The molecule has 1 aliphatic heterocycles. The number of benzene rings is 3. The molecule has 2 amide bonds. The maximum absolute atomic E-state index is 13.3. The summed E-state index contributed by atoms with van der Waals surface area (Å²) in [5, 5.41) is 1.56. The van der Waals surface area contributed by atoms with Crippen LogP contribution in [0.4, 0.5) is 11.4 Å². The largest absolute Gasteiger partial charge is 0.304 e. The molecule has 0 saturated heterocycles. The molecule has 7 heteroatoms. The Labute approximate surface area is 189 Å². The summed E-state index contributed by atoms with van der Waals surface area (Å²) in [6, 6.07) is 18.5. The quantitative estimate of drug-likeness (QED) is 0.466. The number of nitrogens with zero attached hydrogens (tertiary/aromatic N) is 2. The molecule has 0 aliphatic carbocycles. The van der Waals surface area contributed by atoms with Crippen LogP contribution in [0, 0.1) is 0 Å². The molecule has 4 rings (SSSR count). The molecule has 152 valence electrons. The number of hydrogen-bond donors (Lipinski definition) is 0. The van der Waals surface area contributed by atoms with Crippen LogP contribution in [0.3, 0.4) is 0 Å². The van der Waals surface area contributed by atoms with Gasteiger partial charge in [0.1, 0.15) is 6.04 Å². The van der Waals surface area contributed by atoms with E-state index in [1.54, 1.807) is 54.3 Å². The van der Waals surface area contributed by atoms with Gasteiger partial charge < -0.3 is 4.90 Å². The van der Waals surface area contributed by atoms with Crippen molar-refractivity contribution >= 4 is 58.0 Å². The summed E-state index contributed by atoms with van der Waals surface area (Å²) in [6.07, 6.45) is 0. The first-order valence-electron chi connectivity index (χ1n) is 9.30. The molecule has 1 aliphatic rings. The van der Waals surface area contributed by atoms with E-state index in [4.69, 9.17) is 34.8 Å². The fraction of sp³-hybridized carbons (Fsp3) is 0.130. The number of carbonyl (C=O) groups is 2. The van der Waals surface area contributed by atoms with Gasteiger partial charge in [-0.15, -0.1) is 0 Å². The molecule has 0 saturated carbocycles. The van der Waals surface area contributed by atoms with Gasteiger partial charge in [-0.1, -0.05) is 53.0 Å². The monoisotopic (exact) mass is 458 g/mol. The second kappa shape index (κ2) is 8.31. The lowest BCUT2D eigenvalue weighted by Gasteiger charge is -2.40. The summed E-state index contributed by atoms with van der Waals surface area (Å²) in [7, 11) is 0.